The average molecular weight is 401 g/mol. The molecule has 2 aromatic carbocycles. The summed E-state index contributed by atoms with van der Waals surface area (Å²) in [7, 11) is 0. The van der Waals surface area contributed by atoms with E-state index in [0.717, 1.165) is 12.0 Å². The molecule has 0 atom stereocenters. The van der Waals surface area contributed by atoms with Crippen LogP contribution in [-0.4, -0.2) is 22.5 Å². The lowest BCUT2D eigenvalue weighted by Crippen LogP contribution is -2.34. The van der Waals surface area contributed by atoms with E-state index in [9.17, 15) is 14.9 Å². The molecule has 0 heterocycles. The van der Waals surface area contributed by atoms with E-state index < -0.39 is 10.8 Å². The maximum absolute atomic E-state index is 12.3. The summed E-state index contributed by atoms with van der Waals surface area (Å²) in [5.74, 6) is 0.831. The third-order valence-electron chi connectivity index (χ3n) is 3.91. The molecule has 0 aliphatic carbocycles. The summed E-state index contributed by atoms with van der Waals surface area (Å²) in [4.78, 5) is 23.0. The fourth-order valence-corrected chi connectivity index (χ4v) is 2.54. The van der Waals surface area contributed by atoms with Crippen LogP contribution in [0.5, 0.6) is 5.75 Å². The van der Waals surface area contributed by atoms with Gasteiger partial charge in [0.2, 0.25) is 0 Å². The number of nitro benzene ring substituents is 1. The van der Waals surface area contributed by atoms with Crippen LogP contribution >= 0.6 is 12.2 Å². The quantitative estimate of drug-likeness (QED) is 0.404. The Bertz CT molecular complexity index is 866. The third-order valence-corrected chi connectivity index (χ3v) is 4.11. The van der Waals surface area contributed by atoms with Crippen LogP contribution in [0.2, 0.25) is 0 Å². The number of carbonyl (C=O) groups excluding carboxylic acids is 1. The molecule has 28 heavy (non-hydrogen) atoms. The van der Waals surface area contributed by atoms with Crippen molar-refractivity contribution in [2.75, 3.05) is 11.9 Å². The molecule has 2 N–H and O–H groups in total. The SMILES string of the molecule is Cc1ccc(NC(=S)NC(=O)c2ccc(OCCC(C)C)cc2)c([N+](=O)[O-])c1. The molecule has 2 aromatic rings. The lowest BCUT2D eigenvalue weighted by atomic mass is 10.1. The average Bonchev–Trinajstić information content (AvgIpc) is 2.63. The number of carbonyl (C=O) groups is 1. The van der Waals surface area contributed by atoms with Gasteiger partial charge in [0.1, 0.15) is 11.4 Å². The predicted octanol–water partition coefficient (Wildman–Crippen LogP) is 4.45. The molecule has 0 aromatic heterocycles. The second kappa shape index (κ2) is 9.80. The van der Waals surface area contributed by atoms with Gasteiger partial charge in [0.25, 0.3) is 11.6 Å². The highest BCUT2D eigenvalue weighted by molar-refractivity contribution is 7.80. The van der Waals surface area contributed by atoms with Crippen molar-refractivity contribution in [1.82, 2.24) is 5.32 Å². The zero-order valence-electron chi connectivity index (χ0n) is 16.0. The predicted molar refractivity (Wildman–Crippen MR) is 113 cm³/mol. The Morgan fingerprint density at radius 2 is 1.89 bits per heavy atom. The van der Waals surface area contributed by atoms with Gasteiger partial charge in [0, 0.05) is 11.6 Å². The first-order valence-electron chi connectivity index (χ1n) is 8.86. The van der Waals surface area contributed by atoms with E-state index in [0.29, 0.717) is 23.8 Å². The summed E-state index contributed by atoms with van der Waals surface area (Å²) in [6.07, 6.45) is 0.952. The van der Waals surface area contributed by atoms with Gasteiger partial charge in [-0.1, -0.05) is 19.9 Å². The molecule has 0 unspecified atom stereocenters. The Kier molecular flexibility index (Phi) is 7.45. The zero-order chi connectivity index (χ0) is 20.7. The van der Waals surface area contributed by atoms with Gasteiger partial charge in [0.05, 0.1) is 11.5 Å². The highest BCUT2D eigenvalue weighted by Crippen LogP contribution is 2.25. The lowest BCUT2D eigenvalue weighted by Gasteiger charge is -2.11. The van der Waals surface area contributed by atoms with Crippen molar-refractivity contribution >= 4 is 34.6 Å². The van der Waals surface area contributed by atoms with Crippen LogP contribution in [0.25, 0.3) is 0 Å². The van der Waals surface area contributed by atoms with Crippen molar-refractivity contribution in [3.05, 3.63) is 63.7 Å². The van der Waals surface area contributed by atoms with Gasteiger partial charge >= 0.3 is 0 Å². The van der Waals surface area contributed by atoms with Gasteiger partial charge in [-0.15, -0.1) is 0 Å². The fraction of sp³-hybridized carbons (Fsp3) is 0.300. The Morgan fingerprint density at radius 1 is 1.21 bits per heavy atom. The number of anilines is 1. The maximum Gasteiger partial charge on any atom is 0.292 e. The van der Waals surface area contributed by atoms with Crippen LogP contribution in [-0.2, 0) is 0 Å². The number of rotatable bonds is 7. The van der Waals surface area contributed by atoms with E-state index in [1.165, 1.54) is 6.07 Å². The van der Waals surface area contributed by atoms with Crippen molar-refractivity contribution in [3.63, 3.8) is 0 Å². The van der Waals surface area contributed by atoms with Gasteiger partial charge < -0.3 is 10.1 Å². The summed E-state index contributed by atoms with van der Waals surface area (Å²) in [6, 6.07) is 11.4. The molecular weight excluding hydrogens is 378 g/mol. The molecule has 0 radical (unpaired) electrons. The summed E-state index contributed by atoms with van der Waals surface area (Å²) in [5.41, 5.74) is 1.26. The van der Waals surface area contributed by atoms with Gasteiger partial charge in [-0.05, 0) is 67.4 Å². The molecule has 148 valence electrons. The monoisotopic (exact) mass is 401 g/mol. The summed E-state index contributed by atoms with van der Waals surface area (Å²) >= 11 is 5.11. The molecule has 0 aliphatic rings. The molecular formula is C20H23N3O4S. The minimum absolute atomic E-state index is 0.0192. The van der Waals surface area contributed by atoms with Crippen molar-refractivity contribution < 1.29 is 14.5 Å². The normalized spacial score (nSPS) is 10.4. The summed E-state index contributed by atoms with van der Waals surface area (Å²) < 4.78 is 5.62. The number of nitro groups is 1. The van der Waals surface area contributed by atoms with Crippen LogP contribution in [0.1, 0.15) is 36.2 Å². The standard InChI is InChI=1S/C20H23N3O4S/c1-13(2)10-11-27-16-7-5-15(6-8-16)19(24)22-20(28)21-17-9-4-14(3)12-18(17)23(25)26/h4-9,12-13H,10-11H2,1-3H3,(H2,21,22,24,28). The first kappa shape index (κ1) is 21.3. The molecule has 7 nitrogen and oxygen atoms in total. The van der Waals surface area contributed by atoms with E-state index >= 15 is 0 Å². The van der Waals surface area contributed by atoms with E-state index in [2.05, 4.69) is 24.5 Å². The van der Waals surface area contributed by atoms with Gasteiger partial charge in [-0.3, -0.25) is 20.2 Å². The molecule has 2 rings (SSSR count). The molecule has 0 fully saturated rings. The second-order valence-corrected chi connectivity index (χ2v) is 7.15. The summed E-state index contributed by atoms with van der Waals surface area (Å²) in [5, 5.41) is 16.4. The molecule has 0 aliphatic heterocycles. The Hall–Kier alpha value is -3.00. The van der Waals surface area contributed by atoms with Gasteiger partial charge in [0.15, 0.2) is 5.11 Å². The highest BCUT2D eigenvalue weighted by atomic mass is 32.1. The number of thiocarbonyl (C=S) groups is 1. The van der Waals surface area contributed by atoms with Crippen LogP contribution in [0.3, 0.4) is 0 Å². The van der Waals surface area contributed by atoms with E-state index in [1.54, 1.807) is 43.3 Å². The number of nitrogens with one attached hydrogen (secondary N) is 2. The maximum atomic E-state index is 12.3. The number of nitrogens with zero attached hydrogens (tertiary/aromatic N) is 1. The smallest absolute Gasteiger partial charge is 0.292 e. The van der Waals surface area contributed by atoms with Crippen molar-refractivity contribution in [3.8, 4) is 5.75 Å². The molecule has 0 saturated heterocycles. The lowest BCUT2D eigenvalue weighted by molar-refractivity contribution is -0.383. The van der Waals surface area contributed by atoms with Gasteiger partial charge in [-0.25, -0.2) is 0 Å². The van der Waals surface area contributed by atoms with Crippen LogP contribution in [0, 0.1) is 23.0 Å². The second-order valence-electron chi connectivity index (χ2n) is 6.74. The number of amides is 1. The summed E-state index contributed by atoms with van der Waals surface area (Å²) in [6.45, 7) is 6.62. The minimum Gasteiger partial charge on any atom is -0.494 e. The zero-order valence-corrected chi connectivity index (χ0v) is 16.8. The molecule has 0 bridgehead atoms. The number of ether oxygens (including phenoxy) is 1. The van der Waals surface area contributed by atoms with E-state index in [4.69, 9.17) is 17.0 Å². The Balaban J connectivity index is 1.95. The van der Waals surface area contributed by atoms with Crippen molar-refractivity contribution in [2.24, 2.45) is 5.92 Å². The first-order valence-corrected chi connectivity index (χ1v) is 9.27. The first-order chi connectivity index (χ1) is 13.3. The van der Waals surface area contributed by atoms with Crippen LogP contribution in [0.15, 0.2) is 42.5 Å². The molecule has 8 heteroatoms. The largest absolute Gasteiger partial charge is 0.494 e. The topological polar surface area (TPSA) is 93.5 Å². The van der Waals surface area contributed by atoms with Gasteiger partial charge in [-0.2, -0.15) is 0 Å². The van der Waals surface area contributed by atoms with E-state index in [1.807, 2.05) is 0 Å². The highest BCUT2D eigenvalue weighted by Gasteiger charge is 2.16. The Labute approximate surface area is 169 Å². The van der Waals surface area contributed by atoms with Crippen LogP contribution in [0.4, 0.5) is 11.4 Å². The van der Waals surface area contributed by atoms with E-state index in [-0.39, 0.29) is 16.5 Å². The number of hydrogen-bond donors (Lipinski definition) is 2. The number of hydrogen-bond acceptors (Lipinski definition) is 5. The van der Waals surface area contributed by atoms with Crippen molar-refractivity contribution in [1.29, 1.82) is 0 Å². The van der Waals surface area contributed by atoms with Crippen molar-refractivity contribution in [2.45, 2.75) is 27.2 Å². The molecule has 0 spiro atoms. The number of aryl methyl sites for hydroxylation is 1. The minimum atomic E-state index is -0.502. The third kappa shape index (κ3) is 6.31. The molecule has 1 amide bonds. The molecule has 0 saturated carbocycles. The number of benzene rings is 2. The fourth-order valence-electron chi connectivity index (χ4n) is 2.34. The Morgan fingerprint density at radius 3 is 2.50 bits per heavy atom. The van der Waals surface area contributed by atoms with Crippen LogP contribution < -0.4 is 15.4 Å².